The molecule has 0 spiro atoms. The van der Waals surface area contributed by atoms with E-state index in [0.717, 1.165) is 18.5 Å². The van der Waals surface area contributed by atoms with E-state index in [1.165, 1.54) is 12.8 Å². The van der Waals surface area contributed by atoms with E-state index in [4.69, 9.17) is 0 Å². The van der Waals surface area contributed by atoms with Crippen LogP contribution in [0.2, 0.25) is 0 Å². The summed E-state index contributed by atoms with van der Waals surface area (Å²) in [5.74, 6) is 0.447. The van der Waals surface area contributed by atoms with Gasteiger partial charge >= 0.3 is 0 Å². The molecule has 2 atom stereocenters. The van der Waals surface area contributed by atoms with E-state index in [-0.39, 0.29) is 11.7 Å². The molecule has 2 fully saturated rings. The molecule has 0 N–H and O–H groups in total. The zero-order chi connectivity index (χ0) is 12.8. The Kier molecular flexibility index (Phi) is 2.62. The highest BCUT2D eigenvalue weighted by molar-refractivity contribution is 8.00. The Morgan fingerprint density at radius 1 is 1.26 bits per heavy atom. The summed E-state index contributed by atoms with van der Waals surface area (Å²) in [6.45, 7) is 0. The number of thioether (sulfide) groups is 1. The number of rotatable bonds is 2. The highest BCUT2D eigenvalue weighted by Gasteiger charge is 2.38. The second-order valence-corrected chi connectivity index (χ2v) is 7.04. The Morgan fingerprint density at radius 2 is 2.05 bits per heavy atom. The Hall–Kier alpha value is -1.36. The maximum atomic E-state index is 12.7. The summed E-state index contributed by atoms with van der Waals surface area (Å²) in [7, 11) is 0. The van der Waals surface area contributed by atoms with Gasteiger partial charge in [0.1, 0.15) is 5.69 Å². The van der Waals surface area contributed by atoms with Crippen molar-refractivity contribution in [2.24, 2.45) is 5.92 Å². The predicted molar refractivity (Wildman–Crippen MR) is 74.4 cm³/mol. The second-order valence-electron chi connectivity index (χ2n) is 5.44. The molecule has 98 valence electrons. The Bertz CT molecular complexity index is 626. The topological polar surface area (TPSA) is 47.3 Å². The average Bonchev–Trinajstić information content (AvgIpc) is 3.01. The molecule has 0 amide bonds. The van der Waals surface area contributed by atoms with Gasteiger partial charge in [0.25, 0.3) is 0 Å². The van der Waals surface area contributed by atoms with Crippen molar-refractivity contribution in [3.05, 3.63) is 30.5 Å². The molecule has 0 aromatic carbocycles. The molecule has 2 saturated heterocycles. The van der Waals surface area contributed by atoms with E-state index in [0.29, 0.717) is 16.2 Å². The standard InChI is InChI=1S/C14H15N3OS/c18-14(9-5-10-1-2-11(6-9)19-10)12-7-16-13-8-15-3-4-17(12)13/h3-4,7-11H,1-2,5-6H2. The first-order chi connectivity index (χ1) is 9.31. The van der Waals surface area contributed by atoms with Gasteiger partial charge in [0.05, 0.1) is 12.4 Å². The molecule has 2 aliphatic rings. The first-order valence-electron chi connectivity index (χ1n) is 6.78. The number of imidazole rings is 1. The largest absolute Gasteiger partial charge is 0.294 e. The average molecular weight is 273 g/mol. The molecule has 4 nitrogen and oxygen atoms in total. The quantitative estimate of drug-likeness (QED) is 0.789. The summed E-state index contributed by atoms with van der Waals surface area (Å²) in [6.07, 6.45) is 11.6. The maximum absolute atomic E-state index is 12.7. The third-order valence-corrected chi connectivity index (χ3v) is 5.86. The van der Waals surface area contributed by atoms with Crippen molar-refractivity contribution in [2.45, 2.75) is 36.2 Å². The van der Waals surface area contributed by atoms with Crippen LogP contribution in [-0.4, -0.2) is 30.7 Å². The SMILES string of the molecule is O=C(c1cnc2cnccn12)C1CC2CCC(C1)S2. The van der Waals surface area contributed by atoms with E-state index in [2.05, 4.69) is 21.7 Å². The van der Waals surface area contributed by atoms with Crippen LogP contribution in [0.5, 0.6) is 0 Å². The summed E-state index contributed by atoms with van der Waals surface area (Å²) in [5.41, 5.74) is 1.47. The second kappa shape index (κ2) is 4.34. The lowest BCUT2D eigenvalue weighted by molar-refractivity contribution is 0.0901. The summed E-state index contributed by atoms with van der Waals surface area (Å²) in [4.78, 5) is 21.0. The molecular weight excluding hydrogens is 258 g/mol. The van der Waals surface area contributed by atoms with Crippen molar-refractivity contribution in [1.29, 1.82) is 0 Å². The lowest BCUT2D eigenvalue weighted by atomic mass is 9.93. The number of carbonyl (C=O) groups excluding carboxylic acids is 1. The fraction of sp³-hybridized carbons (Fsp3) is 0.500. The molecule has 19 heavy (non-hydrogen) atoms. The van der Waals surface area contributed by atoms with Crippen LogP contribution >= 0.6 is 11.8 Å². The van der Waals surface area contributed by atoms with Crippen molar-refractivity contribution in [2.75, 3.05) is 0 Å². The van der Waals surface area contributed by atoms with E-state index >= 15 is 0 Å². The Labute approximate surface area is 115 Å². The van der Waals surface area contributed by atoms with E-state index in [1.807, 2.05) is 10.6 Å². The molecule has 4 heterocycles. The highest BCUT2D eigenvalue weighted by Crippen LogP contribution is 2.46. The summed E-state index contributed by atoms with van der Waals surface area (Å²) in [5, 5.41) is 1.40. The Morgan fingerprint density at radius 3 is 2.84 bits per heavy atom. The number of ketones is 1. The number of Topliss-reactive ketones (excluding diaryl/α,β-unsaturated/α-hetero) is 1. The van der Waals surface area contributed by atoms with E-state index in [1.54, 1.807) is 18.6 Å². The molecular formula is C14H15N3OS. The summed E-state index contributed by atoms with van der Waals surface area (Å²) >= 11 is 2.09. The number of carbonyl (C=O) groups is 1. The van der Waals surface area contributed by atoms with Crippen LogP contribution in [0.15, 0.2) is 24.8 Å². The van der Waals surface area contributed by atoms with Crippen molar-refractivity contribution < 1.29 is 4.79 Å². The fourth-order valence-corrected chi connectivity index (χ4v) is 5.08. The molecule has 2 aromatic heterocycles. The van der Waals surface area contributed by atoms with Gasteiger partial charge in [-0.1, -0.05) is 0 Å². The molecule has 0 radical (unpaired) electrons. The normalized spacial score (nSPS) is 29.8. The van der Waals surface area contributed by atoms with Crippen LogP contribution in [-0.2, 0) is 0 Å². The van der Waals surface area contributed by atoms with Crippen LogP contribution in [0.25, 0.3) is 5.65 Å². The van der Waals surface area contributed by atoms with Crippen LogP contribution < -0.4 is 0 Å². The highest BCUT2D eigenvalue weighted by atomic mass is 32.2. The summed E-state index contributed by atoms with van der Waals surface area (Å²) in [6, 6.07) is 0. The van der Waals surface area contributed by atoms with Crippen LogP contribution in [0.1, 0.15) is 36.2 Å². The fourth-order valence-electron chi connectivity index (χ4n) is 3.31. The molecule has 2 aromatic rings. The minimum Gasteiger partial charge on any atom is -0.294 e. The molecule has 2 aliphatic heterocycles. The van der Waals surface area contributed by atoms with Gasteiger partial charge in [-0.05, 0) is 25.7 Å². The first-order valence-corrected chi connectivity index (χ1v) is 7.72. The van der Waals surface area contributed by atoms with Gasteiger partial charge in [-0.3, -0.25) is 14.2 Å². The van der Waals surface area contributed by atoms with Gasteiger partial charge in [0.15, 0.2) is 11.4 Å². The van der Waals surface area contributed by atoms with Crippen molar-refractivity contribution in [3.63, 3.8) is 0 Å². The van der Waals surface area contributed by atoms with E-state index in [9.17, 15) is 4.79 Å². The smallest absolute Gasteiger partial charge is 0.184 e. The minimum atomic E-state index is 0.187. The van der Waals surface area contributed by atoms with E-state index < -0.39 is 0 Å². The third-order valence-electron chi connectivity index (χ3n) is 4.23. The van der Waals surface area contributed by atoms with Gasteiger partial charge in [-0.25, -0.2) is 4.98 Å². The van der Waals surface area contributed by atoms with Crippen molar-refractivity contribution in [3.8, 4) is 0 Å². The number of hydrogen-bond donors (Lipinski definition) is 0. The lowest BCUT2D eigenvalue weighted by Crippen LogP contribution is -2.25. The van der Waals surface area contributed by atoms with Gasteiger partial charge in [-0.2, -0.15) is 11.8 Å². The summed E-state index contributed by atoms with van der Waals surface area (Å²) < 4.78 is 1.86. The molecule has 0 aliphatic carbocycles. The molecule has 2 bridgehead atoms. The van der Waals surface area contributed by atoms with Crippen molar-refractivity contribution in [1.82, 2.24) is 14.4 Å². The lowest BCUT2D eigenvalue weighted by Gasteiger charge is -2.25. The van der Waals surface area contributed by atoms with Gasteiger partial charge < -0.3 is 0 Å². The number of hydrogen-bond acceptors (Lipinski definition) is 4. The number of nitrogens with zero attached hydrogens (tertiary/aromatic N) is 3. The van der Waals surface area contributed by atoms with Gasteiger partial charge in [-0.15, -0.1) is 0 Å². The van der Waals surface area contributed by atoms with Crippen LogP contribution in [0.4, 0.5) is 0 Å². The molecule has 5 heteroatoms. The molecule has 4 rings (SSSR count). The maximum Gasteiger partial charge on any atom is 0.184 e. The van der Waals surface area contributed by atoms with Gasteiger partial charge in [0.2, 0.25) is 0 Å². The third kappa shape index (κ3) is 1.87. The van der Waals surface area contributed by atoms with Crippen molar-refractivity contribution >= 4 is 23.2 Å². The Balaban J connectivity index is 1.67. The number of aromatic nitrogens is 3. The molecule has 2 unspecified atom stereocenters. The van der Waals surface area contributed by atoms with Gasteiger partial charge in [0, 0.05) is 28.8 Å². The zero-order valence-electron chi connectivity index (χ0n) is 10.5. The number of fused-ring (bicyclic) bond motifs is 3. The van der Waals surface area contributed by atoms with Crippen LogP contribution in [0, 0.1) is 5.92 Å². The molecule has 0 saturated carbocycles. The minimum absolute atomic E-state index is 0.187. The first kappa shape index (κ1) is 11.5. The monoisotopic (exact) mass is 273 g/mol. The zero-order valence-corrected chi connectivity index (χ0v) is 11.3. The predicted octanol–water partition coefficient (Wildman–Crippen LogP) is 2.59. The van der Waals surface area contributed by atoms with Crippen LogP contribution in [0.3, 0.4) is 0 Å².